The van der Waals surface area contributed by atoms with Gasteiger partial charge in [0.25, 0.3) is 0 Å². The van der Waals surface area contributed by atoms with E-state index in [-0.39, 0.29) is 23.8 Å². The number of carbonyl (C=O) groups excluding carboxylic acids is 2. The Balaban J connectivity index is 1.51. The van der Waals surface area contributed by atoms with Gasteiger partial charge in [-0.3, -0.25) is 24.6 Å². The number of carboxylic acid groups (broad SMARTS) is 1. The molecule has 4 unspecified atom stereocenters. The molecule has 4 aliphatic rings. The van der Waals surface area contributed by atoms with Crippen LogP contribution in [0.3, 0.4) is 0 Å². The van der Waals surface area contributed by atoms with Gasteiger partial charge in [0, 0.05) is 12.1 Å². The van der Waals surface area contributed by atoms with Gasteiger partial charge in [0.15, 0.2) is 0 Å². The summed E-state index contributed by atoms with van der Waals surface area (Å²) >= 11 is 0. The molecule has 182 valence electrons. The Labute approximate surface area is 201 Å². The van der Waals surface area contributed by atoms with E-state index < -0.39 is 29.4 Å². The van der Waals surface area contributed by atoms with E-state index in [0.717, 1.165) is 63.4 Å². The van der Waals surface area contributed by atoms with Crippen molar-refractivity contribution in [2.75, 3.05) is 0 Å². The fraction of sp³-hybridized carbons (Fsp3) is 0.607. The molecule has 2 aliphatic heterocycles. The molecule has 0 radical (unpaired) electrons. The lowest BCUT2D eigenvalue weighted by Gasteiger charge is -2.37. The number of benzene rings is 1. The number of nitrogens with zero attached hydrogens (tertiary/aromatic N) is 1. The van der Waals surface area contributed by atoms with Crippen LogP contribution in [0.5, 0.6) is 0 Å². The molecule has 2 amide bonds. The van der Waals surface area contributed by atoms with Crippen LogP contribution in [0.1, 0.15) is 76.2 Å². The van der Waals surface area contributed by atoms with Crippen molar-refractivity contribution in [3.63, 3.8) is 0 Å². The molecular formula is C28H36N2O4. The Morgan fingerprint density at radius 3 is 2.26 bits per heavy atom. The number of likely N-dealkylation sites (tertiary alicyclic amines) is 1. The number of aliphatic carboxylic acids is 1. The first kappa shape index (κ1) is 23.3. The summed E-state index contributed by atoms with van der Waals surface area (Å²) < 4.78 is 0. The third-order valence-corrected chi connectivity index (χ3v) is 8.68. The Kier molecular flexibility index (Phi) is 6.61. The van der Waals surface area contributed by atoms with Crippen molar-refractivity contribution in [1.29, 1.82) is 0 Å². The van der Waals surface area contributed by atoms with Crippen molar-refractivity contribution in [1.82, 2.24) is 10.2 Å². The van der Waals surface area contributed by atoms with Crippen LogP contribution in [-0.2, 0) is 14.4 Å². The number of carbonyl (C=O) groups is 3. The molecule has 2 heterocycles. The molecule has 2 aliphatic carbocycles. The lowest BCUT2D eigenvalue weighted by molar-refractivity contribution is -0.153. The van der Waals surface area contributed by atoms with Crippen LogP contribution in [0, 0.1) is 17.8 Å². The van der Waals surface area contributed by atoms with Gasteiger partial charge in [-0.25, -0.2) is 0 Å². The van der Waals surface area contributed by atoms with Crippen molar-refractivity contribution in [3.8, 4) is 0 Å². The zero-order valence-corrected chi connectivity index (χ0v) is 19.8. The number of fused-ring (bicyclic) bond motifs is 1. The maximum absolute atomic E-state index is 13.9. The van der Waals surface area contributed by atoms with Crippen LogP contribution in [0.25, 0.3) is 6.08 Å². The summed E-state index contributed by atoms with van der Waals surface area (Å²) in [7, 11) is 0. The molecule has 2 saturated heterocycles. The van der Waals surface area contributed by atoms with Gasteiger partial charge in [0.1, 0.15) is 5.54 Å². The van der Waals surface area contributed by atoms with Crippen molar-refractivity contribution < 1.29 is 19.5 Å². The highest BCUT2D eigenvalue weighted by Gasteiger charge is 2.68. The van der Waals surface area contributed by atoms with E-state index >= 15 is 0 Å². The Morgan fingerprint density at radius 1 is 0.971 bits per heavy atom. The zero-order chi connectivity index (χ0) is 23.7. The molecule has 5 rings (SSSR count). The smallest absolute Gasteiger partial charge is 0.324 e. The van der Waals surface area contributed by atoms with Crippen molar-refractivity contribution in [2.24, 2.45) is 17.8 Å². The summed E-state index contributed by atoms with van der Waals surface area (Å²) in [5.74, 6) is -2.66. The number of hydrogen-bond donors (Lipinski definition) is 2. The maximum Gasteiger partial charge on any atom is 0.324 e. The molecule has 34 heavy (non-hydrogen) atoms. The second kappa shape index (κ2) is 9.65. The number of rotatable bonds is 6. The normalized spacial score (nSPS) is 33.1. The van der Waals surface area contributed by atoms with Gasteiger partial charge in [-0.15, -0.1) is 0 Å². The minimum Gasteiger partial charge on any atom is -0.480 e. The topological polar surface area (TPSA) is 86.7 Å². The molecular weight excluding hydrogens is 428 g/mol. The van der Waals surface area contributed by atoms with E-state index in [2.05, 4.69) is 5.32 Å². The molecule has 0 aromatic heterocycles. The van der Waals surface area contributed by atoms with Gasteiger partial charge in [0.2, 0.25) is 11.8 Å². The van der Waals surface area contributed by atoms with E-state index in [1.54, 1.807) is 0 Å². The lowest BCUT2D eigenvalue weighted by atomic mass is 9.72. The van der Waals surface area contributed by atoms with Gasteiger partial charge < -0.3 is 5.11 Å². The molecule has 0 spiro atoms. The lowest BCUT2D eigenvalue weighted by Crippen LogP contribution is -2.58. The van der Waals surface area contributed by atoms with Gasteiger partial charge in [-0.05, 0) is 30.7 Å². The molecule has 1 aromatic carbocycles. The largest absolute Gasteiger partial charge is 0.480 e. The second-order valence-electron chi connectivity index (χ2n) is 10.8. The molecule has 0 bridgehead atoms. The minimum atomic E-state index is -1.39. The standard InChI is InChI=1S/C28H36N2O4/c31-25-23-22(17-16-19-10-4-1-5-11-19)29-28(27(33)34,18-20-12-6-2-7-13-20)24(23)26(32)30(25)21-14-8-3-9-15-21/h1,4-5,10-11,16-17,20-24,29H,2-3,6-9,12-15,18H2,(H,33,34)/b17-16+. The van der Waals surface area contributed by atoms with Gasteiger partial charge >= 0.3 is 5.97 Å². The van der Waals surface area contributed by atoms with Gasteiger partial charge in [-0.1, -0.05) is 93.9 Å². The van der Waals surface area contributed by atoms with Gasteiger partial charge in [-0.2, -0.15) is 0 Å². The van der Waals surface area contributed by atoms with E-state index in [1.165, 1.54) is 11.3 Å². The van der Waals surface area contributed by atoms with E-state index in [0.29, 0.717) is 6.42 Å². The predicted molar refractivity (Wildman–Crippen MR) is 130 cm³/mol. The van der Waals surface area contributed by atoms with Gasteiger partial charge in [0.05, 0.1) is 11.8 Å². The Morgan fingerprint density at radius 2 is 1.62 bits per heavy atom. The predicted octanol–water partition coefficient (Wildman–Crippen LogP) is 4.40. The highest BCUT2D eigenvalue weighted by Crippen LogP contribution is 2.49. The summed E-state index contributed by atoms with van der Waals surface area (Å²) in [5.41, 5.74) is -0.406. The number of amides is 2. The molecule has 1 aromatic rings. The van der Waals surface area contributed by atoms with Crippen LogP contribution < -0.4 is 5.32 Å². The zero-order valence-electron chi connectivity index (χ0n) is 19.8. The first-order valence-electron chi connectivity index (χ1n) is 13.1. The third-order valence-electron chi connectivity index (χ3n) is 8.68. The van der Waals surface area contributed by atoms with Crippen molar-refractivity contribution in [3.05, 3.63) is 42.0 Å². The molecule has 2 saturated carbocycles. The van der Waals surface area contributed by atoms with Crippen LogP contribution in [0.15, 0.2) is 36.4 Å². The summed E-state index contributed by atoms with van der Waals surface area (Å²) in [6.07, 6.45) is 14.5. The van der Waals surface area contributed by atoms with Crippen LogP contribution in [0.2, 0.25) is 0 Å². The Hall–Kier alpha value is -2.47. The summed E-state index contributed by atoms with van der Waals surface area (Å²) in [4.78, 5) is 42.0. The number of nitrogens with one attached hydrogen (secondary N) is 1. The maximum atomic E-state index is 13.9. The highest BCUT2D eigenvalue weighted by atomic mass is 16.4. The average molecular weight is 465 g/mol. The average Bonchev–Trinajstić information content (AvgIpc) is 3.33. The van der Waals surface area contributed by atoms with E-state index in [4.69, 9.17) is 0 Å². The first-order valence-corrected chi connectivity index (χ1v) is 13.1. The molecule has 6 nitrogen and oxygen atoms in total. The highest BCUT2D eigenvalue weighted by molar-refractivity contribution is 6.10. The third kappa shape index (κ3) is 4.10. The number of hydrogen-bond acceptors (Lipinski definition) is 4. The first-order chi connectivity index (χ1) is 16.5. The molecule has 4 atom stereocenters. The fourth-order valence-corrected chi connectivity index (χ4v) is 7.03. The Bertz CT molecular complexity index is 948. The molecule has 2 N–H and O–H groups in total. The fourth-order valence-electron chi connectivity index (χ4n) is 7.03. The van der Waals surface area contributed by atoms with E-state index in [1.807, 2.05) is 42.5 Å². The summed E-state index contributed by atoms with van der Waals surface area (Å²) in [6.45, 7) is 0. The quantitative estimate of drug-likeness (QED) is 0.610. The van der Waals surface area contributed by atoms with Crippen molar-refractivity contribution in [2.45, 2.75) is 88.3 Å². The van der Waals surface area contributed by atoms with Crippen LogP contribution in [0.4, 0.5) is 0 Å². The molecule has 4 fully saturated rings. The van der Waals surface area contributed by atoms with E-state index in [9.17, 15) is 19.5 Å². The SMILES string of the molecule is O=C1C2C(/C=C/c3ccccc3)NC(CC3CCCCC3)(C(=O)O)C2C(=O)N1C1CCCCC1. The monoisotopic (exact) mass is 464 g/mol. The second-order valence-corrected chi connectivity index (χ2v) is 10.8. The minimum absolute atomic E-state index is 0.0840. The molecule has 6 heteroatoms. The van der Waals surface area contributed by atoms with Crippen LogP contribution >= 0.6 is 0 Å². The summed E-state index contributed by atoms with van der Waals surface area (Å²) in [5, 5.41) is 13.9. The van der Waals surface area contributed by atoms with Crippen molar-refractivity contribution >= 4 is 23.9 Å². The number of imide groups is 1. The van der Waals surface area contributed by atoms with Crippen LogP contribution in [-0.4, -0.2) is 45.4 Å². The summed E-state index contributed by atoms with van der Waals surface area (Å²) in [6, 6.07) is 9.24. The number of carboxylic acids is 1.